The molecule has 0 N–H and O–H groups in total. The fraction of sp³-hybridized carbons (Fsp3) is 0.556. The highest BCUT2D eigenvalue weighted by molar-refractivity contribution is 5.33. The second kappa shape index (κ2) is 10.4. The minimum Gasteiger partial charge on any atom is -0.429 e. The van der Waals surface area contributed by atoms with Gasteiger partial charge in [0.1, 0.15) is 22.9 Å². The van der Waals surface area contributed by atoms with Crippen molar-refractivity contribution in [2.24, 2.45) is 17.8 Å². The van der Waals surface area contributed by atoms with E-state index in [1.54, 1.807) is 0 Å². The molecule has 0 aliphatic heterocycles. The van der Waals surface area contributed by atoms with Crippen LogP contribution in [0.25, 0.3) is 0 Å². The lowest BCUT2D eigenvalue weighted by molar-refractivity contribution is -0.189. The highest BCUT2D eigenvalue weighted by atomic mass is 19.3. The first-order chi connectivity index (χ1) is 16.6. The van der Waals surface area contributed by atoms with Gasteiger partial charge in [-0.05, 0) is 79.9 Å². The molecule has 0 aromatic heterocycles. The predicted octanol–water partition coefficient (Wildman–Crippen LogP) is 9.00. The molecule has 2 fully saturated rings. The van der Waals surface area contributed by atoms with Crippen LogP contribution in [0.15, 0.2) is 24.3 Å². The largest absolute Gasteiger partial charge is 0.432 e. The van der Waals surface area contributed by atoms with Gasteiger partial charge in [-0.3, -0.25) is 0 Å². The maximum absolute atomic E-state index is 14.7. The second-order valence-corrected chi connectivity index (χ2v) is 10.0. The molecule has 2 atom stereocenters. The van der Waals surface area contributed by atoms with Gasteiger partial charge in [0.25, 0.3) is 0 Å². The predicted molar refractivity (Wildman–Crippen MR) is 118 cm³/mol. The Morgan fingerprint density at radius 1 is 0.771 bits per heavy atom. The molecule has 0 saturated heterocycles. The van der Waals surface area contributed by atoms with Crippen LogP contribution in [0.3, 0.4) is 0 Å². The van der Waals surface area contributed by atoms with E-state index in [1.807, 2.05) is 0 Å². The fourth-order valence-corrected chi connectivity index (χ4v) is 6.03. The van der Waals surface area contributed by atoms with E-state index in [1.165, 1.54) is 32.1 Å². The molecule has 0 bridgehead atoms. The molecule has 1 nitrogen and oxygen atoms in total. The number of alkyl halides is 2. The summed E-state index contributed by atoms with van der Waals surface area (Å²) >= 11 is 0. The van der Waals surface area contributed by atoms with E-state index in [0.29, 0.717) is 17.4 Å². The van der Waals surface area contributed by atoms with Gasteiger partial charge < -0.3 is 4.74 Å². The molecule has 0 amide bonds. The van der Waals surface area contributed by atoms with E-state index in [4.69, 9.17) is 0 Å². The van der Waals surface area contributed by atoms with Gasteiger partial charge in [-0.1, -0.05) is 26.2 Å². The van der Waals surface area contributed by atoms with Crippen molar-refractivity contribution in [3.05, 3.63) is 64.5 Å². The molecular formula is C27H29F7O. The Morgan fingerprint density at radius 3 is 1.91 bits per heavy atom. The lowest BCUT2D eigenvalue weighted by Crippen LogP contribution is -2.26. The highest BCUT2D eigenvalue weighted by Crippen LogP contribution is 2.47. The van der Waals surface area contributed by atoms with Gasteiger partial charge in [0.15, 0.2) is 17.5 Å². The van der Waals surface area contributed by atoms with Gasteiger partial charge >= 0.3 is 6.11 Å². The molecule has 2 aromatic carbocycles. The van der Waals surface area contributed by atoms with Crippen molar-refractivity contribution in [2.75, 3.05) is 0 Å². The van der Waals surface area contributed by atoms with Crippen LogP contribution in [0.2, 0.25) is 0 Å². The first kappa shape index (κ1) is 25.8. The van der Waals surface area contributed by atoms with Crippen LogP contribution in [0.5, 0.6) is 5.75 Å². The summed E-state index contributed by atoms with van der Waals surface area (Å²) in [5.41, 5.74) is -1.35. The second-order valence-electron chi connectivity index (χ2n) is 10.0. The number of halogens is 7. The Morgan fingerprint density at radius 2 is 1.34 bits per heavy atom. The Kier molecular flexibility index (Phi) is 7.67. The van der Waals surface area contributed by atoms with Gasteiger partial charge in [0, 0.05) is 12.1 Å². The number of rotatable bonds is 7. The van der Waals surface area contributed by atoms with Gasteiger partial charge in [-0.2, -0.15) is 8.78 Å². The molecule has 2 aliphatic rings. The van der Waals surface area contributed by atoms with Crippen molar-refractivity contribution >= 4 is 0 Å². The van der Waals surface area contributed by atoms with Gasteiger partial charge in [0.05, 0.1) is 0 Å². The average molecular weight is 503 g/mol. The van der Waals surface area contributed by atoms with Gasteiger partial charge in [0.2, 0.25) is 0 Å². The smallest absolute Gasteiger partial charge is 0.429 e. The SMILES string of the molecule is CCCC1CCC(C2CCC(c3cc(F)c(C(F)(F)Oc4cc(F)c(F)c(F)c4)c(F)c3)CC2)C1. The van der Waals surface area contributed by atoms with Crippen LogP contribution in [0.1, 0.15) is 81.8 Å². The van der Waals surface area contributed by atoms with Crippen molar-refractivity contribution in [3.8, 4) is 5.75 Å². The topological polar surface area (TPSA) is 9.23 Å². The van der Waals surface area contributed by atoms with Gasteiger partial charge in [-0.15, -0.1) is 0 Å². The van der Waals surface area contributed by atoms with E-state index in [2.05, 4.69) is 11.7 Å². The summed E-state index contributed by atoms with van der Waals surface area (Å²) in [5.74, 6) is -7.55. The van der Waals surface area contributed by atoms with Crippen LogP contribution in [0.4, 0.5) is 30.7 Å². The fourth-order valence-electron chi connectivity index (χ4n) is 6.03. The summed E-state index contributed by atoms with van der Waals surface area (Å²) < 4.78 is 102. The Hall–Kier alpha value is -2.25. The monoisotopic (exact) mass is 502 g/mol. The summed E-state index contributed by atoms with van der Waals surface area (Å²) in [6, 6.07) is 2.15. The number of hydrogen-bond acceptors (Lipinski definition) is 1. The first-order valence-electron chi connectivity index (χ1n) is 12.3. The molecule has 192 valence electrons. The molecule has 8 heteroatoms. The quantitative estimate of drug-likeness (QED) is 0.271. The third-order valence-electron chi connectivity index (χ3n) is 7.75. The molecule has 2 unspecified atom stereocenters. The third-order valence-corrected chi connectivity index (χ3v) is 7.75. The van der Waals surface area contributed by atoms with E-state index in [0.717, 1.165) is 43.7 Å². The number of ether oxygens (including phenoxy) is 1. The van der Waals surface area contributed by atoms with Gasteiger partial charge in [-0.25, -0.2) is 22.0 Å². The summed E-state index contributed by atoms with van der Waals surface area (Å²) in [7, 11) is 0. The molecule has 35 heavy (non-hydrogen) atoms. The molecule has 0 radical (unpaired) electrons. The zero-order valence-electron chi connectivity index (χ0n) is 19.5. The van der Waals surface area contributed by atoms with E-state index >= 15 is 0 Å². The van der Waals surface area contributed by atoms with Crippen molar-refractivity contribution in [1.82, 2.24) is 0 Å². The van der Waals surface area contributed by atoms with Crippen LogP contribution < -0.4 is 4.74 Å². The molecule has 4 rings (SSSR count). The summed E-state index contributed by atoms with van der Waals surface area (Å²) in [6.07, 6.45) is 4.99. The van der Waals surface area contributed by atoms with E-state index in [-0.39, 0.29) is 18.1 Å². The van der Waals surface area contributed by atoms with Crippen LogP contribution >= 0.6 is 0 Å². The summed E-state index contributed by atoms with van der Waals surface area (Å²) in [4.78, 5) is 0. The molecule has 2 aliphatic carbocycles. The average Bonchev–Trinajstić information content (AvgIpc) is 3.25. The molecule has 0 heterocycles. The highest BCUT2D eigenvalue weighted by Gasteiger charge is 2.42. The summed E-state index contributed by atoms with van der Waals surface area (Å²) in [6.45, 7) is 2.20. The van der Waals surface area contributed by atoms with Crippen molar-refractivity contribution in [3.63, 3.8) is 0 Å². The van der Waals surface area contributed by atoms with Crippen molar-refractivity contribution in [2.45, 2.75) is 76.7 Å². The standard InChI is InChI=1S/C27H29F7O/c1-2-3-15-4-5-18(10-15)16-6-8-17(9-7-16)19-11-21(28)25(22(29)12-19)27(33,34)35-20-13-23(30)26(32)24(31)14-20/h11-18H,2-10H2,1H3. The zero-order valence-corrected chi connectivity index (χ0v) is 19.5. The Balaban J connectivity index is 1.44. The minimum absolute atomic E-state index is 0.132. The van der Waals surface area contributed by atoms with Crippen LogP contribution in [-0.2, 0) is 6.11 Å². The van der Waals surface area contributed by atoms with Crippen LogP contribution in [-0.4, -0.2) is 0 Å². The lowest BCUT2D eigenvalue weighted by Gasteiger charge is -2.33. The maximum atomic E-state index is 14.7. The Bertz CT molecular complexity index is 1000. The molecule has 2 aromatic rings. The molecule has 0 spiro atoms. The first-order valence-corrected chi connectivity index (χ1v) is 12.3. The van der Waals surface area contributed by atoms with Crippen molar-refractivity contribution in [1.29, 1.82) is 0 Å². The number of hydrogen-bond donors (Lipinski definition) is 0. The van der Waals surface area contributed by atoms with E-state index in [9.17, 15) is 30.7 Å². The molecule has 2 saturated carbocycles. The molecular weight excluding hydrogens is 473 g/mol. The maximum Gasteiger partial charge on any atom is 0.432 e. The van der Waals surface area contributed by atoms with Crippen LogP contribution in [0, 0.1) is 46.8 Å². The van der Waals surface area contributed by atoms with E-state index < -0.39 is 46.5 Å². The Labute approximate surface area is 200 Å². The normalized spacial score (nSPS) is 25.1. The summed E-state index contributed by atoms with van der Waals surface area (Å²) in [5, 5.41) is 0. The minimum atomic E-state index is -4.57. The lowest BCUT2D eigenvalue weighted by atomic mass is 9.73. The van der Waals surface area contributed by atoms with Crippen molar-refractivity contribution < 1.29 is 35.5 Å². The third kappa shape index (κ3) is 5.61. The number of benzene rings is 2. The zero-order chi connectivity index (χ0) is 25.3.